The van der Waals surface area contributed by atoms with Crippen molar-refractivity contribution in [3.05, 3.63) is 83.2 Å². The van der Waals surface area contributed by atoms with Crippen LogP contribution in [0.1, 0.15) is 0 Å². The summed E-state index contributed by atoms with van der Waals surface area (Å²) >= 11 is 12.6. The molecule has 4 aromatic rings. The number of ether oxygens (including phenoxy) is 1. The van der Waals surface area contributed by atoms with E-state index in [2.05, 4.69) is 20.3 Å². The molecule has 4 rings (SSSR count). The van der Waals surface area contributed by atoms with Gasteiger partial charge < -0.3 is 15.4 Å². The molecule has 0 aliphatic rings. The molecule has 0 spiro atoms. The zero-order valence-electron chi connectivity index (χ0n) is 17.8. The number of nitrogens with one attached hydrogen (secondary N) is 3. The minimum Gasteiger partial charge on any atom is -0.495 e. The number of aromatic nitrogens is 1. The Kier molecular flexibility index (Phi) is 7.32. The summed E-state index contributed by atoms with van der Waals surface area (Å²) in [5, 5.41) is 9.32. The van der Waals surface area contributed by atoms with Crippen molar-refractivity contribution in [2.45, 2.75) is 4.90 Å². The predicted octanol–water partition coefficient (Wildman–Crippen LogP) is 6.08. The van der Waals surface area contributed by atoms with Crippen LogP contribution in [0.25, 0.3) is 11.3 Å². The third-order valence-corrected chi connectivity index (χ3v) is 7.25. The Balaban J connectivity index is 1.52. The minimum atomic E-state index is -3.81. The van der Waals surface area contributed by atoms with Crippen molar-refractivity contribution in [1.29, 1.82) is 0 Å². The van der Waals surface area contributed by atoms with E-state index < -0.39 is 10.0 Å². The van der Waals surface area contributed by atoms with Gasteiger partial charge in [0.2, 0.25) is 0 Å². The Labute approximate surface area is 211 Å². The Bertz CT molecular complexity index is 1420. The number of hydrogen-bond donors (Lipinski definition) is 3. The van der Waals surface area contributed by atoms with Crippen molar-refractivity contribution >= 4 is 66.8 Å². The van der Waals surface area contributed by atoms with E-state index in [-0.39, 0.29) is 4.90 Å². The van der Waals surface area contributed by atoms with Crippen LogP contribution in [0.5, 0.6) is 5.75 Å². The molecule has 3 aromatic carbocycles. The molecule has 0 unspecified atom stereocenters. The smallest absolute Gasteiger partial charge is 0.261 e. The molecule has 3 N–H and O–H groups in total. The second-order valence-electron chi connectivity index (χ2n) is 6.92. The van der Waals surface area contributed by atoms with Crippen molar-refractivity contribution in [2.75, 3.05) is 22.5 Å². The van der Waals surface area contributed by atoms with E-state index >= 15 is 0 Å². The first-order valence-electron chi connectivity index (χ1n) is 9.90. The van der Waals surface area contributed by atoms with E-state index in [4.69, 9.17) is 28.6 Å². The number of anilines is 3. The van der Waals surface area contributed by atoms with Crippen LogP contribution in [-0.2, 0) is 10.0 Å². The number of sulfonamides is 1. The first-order valence-corrected chi connectivity index (χ1v) is 13.0. The molecule has 0 aliphatic carbocycles. The summed E-state index contributed by atoms with van der Waals surface area (Å²) in [6, 6.07) is 20.4. The van der Waals surface area contributed by atoms with Gasteiger partial charge in [0.1, 0.15) is 5.75 Å². The molecular weight excluding hydrogens is 512 g/mol. The second kappa shape index (κ2) is 10.4. The quantitative estimate of drug-likeness (QED) is 0.249. The molecule has 0 saturated heterocycles. The molecule has 1 aromatic heterocycles. The lowest BCUT2D eigenvalue weighted by Gasteiger charge is -2.12. The molecule has 0 radical (unpaired) electrons. The molecule has 174 valence electrons. The van der Waals surface area contributed by atoms with Gasteiger partial charge in [0.15, 0.2) is 10.2 Å². The topological polar surface area (TPSA) is 92.3 Å². The van der Waals surface area contributed by atoms with Crippen molar-refractivity contribution in [2.24, 2.45) is 0 Å². The molecule has 0 bridgehead atoms. The summed E-state index contributed by atoms with van der Waals surface area (Å²) < 4.78 is 33.7. The fourth-order valence-electron chi connectivity index (χ4n) is 3.07. The van der Waals surface area contributed by atoms with Crippen molar-refractivity contribution in [1.82, 2.24) is 4.98 Å². The van der Waals surface area contributed by atoms with E-state index in [0.717, 1.165) is 5.69 Å². The highest BCUT2D eigenvalue weighted by Crippen LogP contribution is 2.32. The number of methoxy groups -OCH3 is 1. The number of halogens is 1. The Morgan fingerprint density at radius 1 is 0.971 bits per heavy atom. The molecule has 1 heterocycles. The van der Waals surface area contributed by atoms with Gasteiger partial charge in [-0.05, 0) is 54.7 Å². The lowest BCUT2D eigenvalue weighted by atomic mass is 10.1. The van der Waals surface area contributed by atoms with Crippen LogP contribution in [-0.4, -0.2) is 25.6 Å². The molecule has 7 nitrogen and oxygen atoms in total. The lowest BCUT2D eigenvalue weighted by molar-refractivity contribution is 0.417. The summed E-state index contributed by atoms with van der Waals surface area (Å²) in [6.07, 6.45) is 0. The summed E-state index contributed by atoms with van der Waals surface area (Å²) in [5.41, 5.74) is 2.36. The molecule has 0 atom stereocenters. The first kappa shape index (κ1) is 24.0. The van der Waals surface area contributed by atoms with Gasteiger partial charge in [-0.25, -0.2) is 13.4 Å². The Hall–Kier alpha value is -3.18. The monoisotopic (exact) mass is 530 g/mol. The number of thiazole rings is 1. The fourth-order valence-corrected chi connectivity index (χ4v) is 5.26. The maximum atomic E-state index is 12.9. The van der Waals surface area contributed by atoms with Gasteiger partial charge >= 0.3 is 0 Å². The largest absolute Gasteiger partial charge is 0.495 e. The zero-order valence-corrected chi connectivity index (χ0v) is 21.0. The maximum Gasteiger partial charge on any atom is 0.261 e. The number of para-hydroxylation sites is 3. The van der Waals surface area contributed by atoms with E-state index in [1.165, 1.54) is 35.6 Å². The SMILES string of the molecule is COc1ccccc1NC(=S)Nc1nc(-c2ccccc2NS(=O)(=O)c2ccc(Cl)cc2)cs1. The first-order chi connectivity index (χ1) is 16.4. The van der Waals surface area contributed by atoms with Crippen LogP contribution in [0.4, 0.5) is 16.5 Å². The van der Waals surface area contributed by atoms with Gasteiger partial charge in [-0.3, -0.25) is 4.72 Å². The van der Waals surface area contributed by atoms with Crippen molar-refractivity contribution in [3.63, 3.8) is 0 Å². The molecule has 0 fully saturated rings. The normalized spacial score (nSPS) is 11.0. The van der Waals surface area contributed by atoms with Gasteiger partial charge in [0, 0.05) is 16.0 Å². The summed E-state index contributed by atoms with van der Waals surface area (Å²) in [5.74, 6) is 0.661. The van der Waals surface area contributed by atoms with Crippen LogP contribution >= 0.6 is 35.2 Å². The third-order valence-electron chi connectivity index (χ3n) is 4.65. The average molecular weight is 531 g/mol. The predicted molar refractivity (Wildman–Crippen MR) is 143 cm³/mol. The standard InChI is InChI=1S/C23H19ClN4O3S3/c1-31-21-9-5-4-8-19(21)25-22(32)27-23-26-20(14-33-23)17-6-2-3-7-18(17)28-34(29,30)16-12-10-15(24)11-13-16/h2-14,28H,1H3,(H2,25,26,27,32). The highest BCUT2D eigenvalue weighted by Gasteiger charge is 2.18. The lowest BCUT2D eigenvalue weighted by Crippen LogP contribution is -2.19. The second-order valence-corrected chi connectivity index (χ2v) is 10.3. The van der Waals surface area contributed by atoms with Gasteiger partial charge in [-0.15, -0.1) is 11.3 Å². The van der Waals surface area contributed by atoms with Crippen LogP contribution in [0.3, 0.4) is 0 Å². The van der Waals surface area contributed by atoms with E-state index in [1.54, 1.807) is 25.3 Å². The van der Waals surface area contributed by atoms with Crippen LogP contribution in [0.2, 0.25) is 5.02 Å². The number of benzene rings is 3. The molecular formula is C23H19ClN4O3S3. The van der Waals surface area contributed by atoms with E-state index in [0.29, 0.717) is 38.0 Å². The average Bonchev–Trinajstić information content (AvgIpc) is 3.28. The molecule has 0 aliphatic heterocycles. The van der Waals surface area contributed by atoms with Gasteiger partial charge in [-0.2, -0.15) is 0 Å². The van der Waals surface area contributed by atoms with E-state index in [1.807, 2.05) is 35.7 Å². The summed E-state index contributed by atoms with van der Waals surface area (Å²) in [7, 11) is -2.22. The number of thiocarbonyl (C=S) groups is 1. The van der Waals surface area contributed by atoms with Crippen LogP contribution < -0.4 is 20.1 Å². The van der Waals surface area contributed by atoms with Crippen LogP contribution in [0, 0.1) is 0 Å². The van der Waals surface area contributed by atoms with Crippen molar-refractivity contribution < 1.29 is 13.2 Å². The highest BCUT2D eigenvalue weighted by atomic mass is 35.5. The summed E-state index contributed by atoms with van der Waals surface area (Å²) in [4.78, 5) is 4.69. The highest BCUT2D eigenvalue weighted by molar-refractivity contribution is 7.92. The number of rotatable bonds is 7. The maximum absolute atomic E-state index is 12.9. The van der Waals surface area contributed by atoms with E-state index in [9.17, 15) is 8.42 Å². The van der Waals surface area contributed by atoms with Crippen molar-refractivity contribution in [3.8, 4) is 17.0 Å². The molecule has 34 heavy (non-hydrogen) atoms. The molecule has 0 saturated carbocycles. The Morgan fingerprint density at radius 3 is 2.38 bits per heavy atom. The molecule has 11 heteroatoms. The third kappa shape index (κ3) is 5.65. The fraction of sp³-hybridized carbons (Fsp3) is 0.0435. The van der Waals surface area contributed by atoms with Gasteiger partial charge in [0.05, 0.1) is 29.1 Å². The van der Waals surface area contributed by atoms with Crippen LogP contribution in [0.15, 0.2) is 83.1 Å². The summed E-state index contributed by atoms with van der Waals surface area (Å²) in [6.45, 7) is 0. The Morgan fingerprint density at radius 2 is 1.65 bits per heavy atom. The molecule has 0 amide bonds. The minimum absolute atomic E-state index is 0.111. The zero-order chi connectivity index (χ0) is 24.1. The number of nitrogens with zero attached hydrogens (tertiary/aromatic N) is 1. The van der Waals surface area contributed by atoms with Gasteiger partial charge in [0.25, 0.3) is 10.0 Å². The number of hydrogen-bond acceptors (Lipinski definition) is 6. The van der Waals surface area contributed by atoms with Gasteiger partial charge in [-0.1, -0.05) is 41.9 Å².